The average molecular weight is 1690 g/mol. The molecule has 0 saturated carbocycles. The molecule has 7 amide bonds. The fourth-order valence-corrected chi connectivity index (χ4v) is 14.8. The number of benzene rings is 6. The SMILES string of the molecule is C/C=C/C(=O)N1CCN(c2nc(NCCC(=O)N(C)C)nc3c(F)c([C@H]4C=C(O)Cc5ccccc54)c(Cl)cc23)CC1.CN(C)C(=O)CCNc1nc(N2CCN(C(=O)C(O)O)CC2)c2cc(Cl)c(-c3c(O)cccc3F)c(F)c2n1.CN(C)C(=O)CCNc1nc(N2CCN(C(N)=O)CC2)c2cc(Cl)c(-c3c(O)cccc3F)c(F)c2n1. The highest BCUT2D eigenvalue weighted by atomic mass is 35.5. The first kappa shape index (κ1) is 86.9. The largest absolute Gasteiger partial charge is 0.512 e. The molecule has 3 aliphatic heterocycles. The number of nitrogens with zero attached hydrogens (tertiary/aromatic N) is 15. The van der Waals surface area contributed by atoms with Crippen molar-refractivity contribution in [3.8, 4) is 33.8 Å². The van der Waals surface area contributed by atoms with Crippen molar-refractivity contribution in [2.75, 3.05) is 171 Å². The molecular weight excluding hydrogens is 1600 g/mol. The Morgan fingerprint density at radius 1 is 0.508 bits per heavy atom. The number of nitrogens with two attached hydrogens (primary N) is 1. The molecule has 0 radical (unpaired) electrons. The molecule has 0 bridgehead atoms. The molecule has 3 saturated heterocycles. The second-order valence-corrected chi connectivity index (χ2v) is 29.7. The highest BCUT2D eigenvalue weighted by Crippen LogP contribution is 2.47. The van der Waals surface area contributed by atoms with Crippen molar-refractivity contribution in [2.24, 2.45) is 5.73 Å². The third kappa shape index (κ3) is 19.5. The van der Waals surface area contributed by atoms with Crippen LogP contribution in [0.5, 0.6) is 11.5 Å². The number of primary amides is 1. The van der Waals surface area contributed by atoms with Crippen LogP contribution in [0.1, 0.15) is 48.8 Å². The first-order valence-corrected chi connectivity index (χ1v) is 38.6. The molecule has 10 N–H and O–H groups in total. The van der Waals surface area contributed by atoms with E-state index in [0.29, 0.717) is 75.8 Å². The molecule has 0 unspecified atom stereocenters. The van der Waals surface area contributed by atoms with E-state index in [1.165, 1.54) is 60.9 Å². The van der Waals surface area contributed by atoms with Crippen LogP contribution < -0.4 is 36.4 Å². The molecule has 38 heteroatoms. The fraction of sp³-hybridized carbons (Fsp3) is 0.350. The summed E-state index contributed by atoms with van der Waals surface area (Å²) >= 11 is 19.7. The number of urea groups is 1. The van der Waals surface area contributed by atoms with Crippen LogP contribution in [-0.4, -0.2) is 267 Å². The quantitative estimate of drug-likeness (QED) is 0.0195. The van der Waals surface area contributed by atoms with E-state index < -0.39 is 70.3 Å². The molecule has 0 spiro atoms. The van der Waals surface area contributed by atoms with Gasteiger partial charge in [0, 0.05) is 210 Å². The van der Waals surface area contributed by atoms with Gasteiger partial charge >= 0.3 is 6.03 Å². The van der Waals surface area contributed by atoms with Gasteiger partial charge in [-0.2, -0.15) is 15.0 Å². The van der Waals surface area contributed by atoms with Crippen molar-refractivity contribution in [3.63, 3.8) is 0 Å². The second-order valence-electron chi connectivity index (χ2n) is 28.5. The van der Waals surface area contributed by atoms with Crippen LogP contribution in [0.4, 0.5) is 62.0 Å². The second kappa shape index (κ2) is 38.0. The van der Waals surface area contributed by atoms with Crippen LogP contribution in [0.3, 0.4) is 0 Å². The van der Waals surface area contributed by atoms with E-state index in [1.807, 2.05) is 34.1 Å². The molecule has 3 aromatic heterocycles. The van der Waals surface area contributed by atoms with Gasteiger partial charge in [-0.25, -0.2) is 41.7 Å². The number of aliphatic hydroxyl groups is 3. The minimum atomic E-state index is -2.13. The van der Waals surface area contributed by atoms with Crippen molar-refractivity contribution in [2.45, 2.75) is 44.8 Å². The number of aliphatic hydroxyl groups excluding tert-OH is 2. The smallest absolute Gasteiger partial charge is 0.314 e. The maximum atomic E-state index is 16.6. The number of carbonyl (C=O) groups excluding carboxylic acids is 6. The number of aromatic nitrogens is 6. The summed E-state index contributed by atoms with van der Waals surface area (Å²) < 4.78 is 78.0. The third-order valence-electron chi connectivity index (χ3n) is 20.1. The number of amides is 7. The maximum Gasteiger partial charge on any atom is 0.314 e. The van der Waals surface area contributed by atoms with Crippen molar-refractivity contribution in [1.29, 1.82) is 0 Å². The predicted molar refractivity (Wildman–Crippen MR) is 440 cm³/mol. The van der Waals surface area contributed by atoms with E-state index in [9.17, 15) is 63.1 Å². The van der Waals surface area contributed by atoms with E-state index in [2.05, 4.69) is 40.9 Å². The topological polar surface area (TPSA) is 372 Å². The summed E-state index contributed by atoms with van der Waals surface area (Å²) in [5.74, 6) is -5.54. The number of aromatic hydroxyl groups is 2. The number of piperazine rings is 3. The standard InChI is InChI=1S/C31H34ClFN6O3.C25H27ClF2N6O5.C24H26ClF2N7O3/c1-4-7-26(42)38-12-14-39(15-13-38)30-23-18-24(32)27(22-17-20(40)16-19-8-5-6-9-21(19)22)28(33)29(23)35-31(36-30)34-11-10-25(41)37(2)3;1-32(2)17(36)6-7-29-25-30-21-13(22(31-25)33-8-10-34(11-9-33)23(37)24(38)39)12-14(26)18(20(21)28)19-15(27)4-3-5-16(19)35;1-32(2)17(36)6-7-29-24-30-21-13(22(31-24)33-8-10-34(11-9-33)23(28)37)12-14(25)18(20(21)27)19-15(26)4-3-5-16(19)35/h4-9,17-18,22,40H,10-16H2,1-3H3,(H,34,35,36);3-5,12,24,35,38-39H,6-11H2,1-2H3,(H,29,30,31);3-5,12,35H,6-11H2,1-2H3,(H2,28,37)(H,29,30,31)/b7-4+;;/t22-;;/m0../s1. The number of hydrogen-bond donors (Lipinski definition) is 9. The number of phenolic OH excluding ortho intramolecular Hbond substituents is 2. The van der Waals surface area contributed by atoms with Crippen LogP contribution in [0.25, 0.3) is 55.0 Å². The van der Waals surface area contributed by atoms with Gasteiger partial charge in [-0.3, -0.25) is 24.0 Å². The van der Waals surface area contributed by atoms with E-state index in [-0.39, 0.29) is 183 Å². The molecule has 6 aromatic carbocycles. The minimum Gasteiger partial charge on any atom is -0.512 e. The lowest BCUT2D eigenvalue weighted by Crippen LogP contribution is -2.51. The summed E-state index contributed by atoms with van der Waals surface area (Å²) in [7, 11) is 9.88. The lowest BCUT2D eigenvalue weighted by Gasteiger charge is -2.36. The predicted octanol–water partition coefficient (Wildman–Crippen LogP) is 9.48. The number of rotatable bonds is 20. The number of nitrogens with one attached hydrogen (secondary N) is 3. The van der Waals surface area contributed by atoms with Gasteiger partial charge in [-0.05, 0) is 72.7 Å². The molecular formula is C80H87Cl3F5N19O11. The Morgan fingerprint density at radius 2 is 0.890 bits per heavy atom. The number of hydrogen-bond acceptors (Lipinski definition) is 23. The highest BCUT2D eigenvalue weighted by Gasteiger charge is 2.35. The van der Waals surface area contributed by atoms with Crippen molar-refractivity contribution < 1.29 is 76.3 Å². The zero-order chi connectivity index (χ0) is 85.2. The number of anilines is 6. The number of carbonyl (C=O) groups is 6. The van der Waals surface area contributed by atoms with Gasteiger partial charge in [0.15, 0.2) is 17.5 Å². The summed E-state index contributed by atoms with van der Waals surface area (Å²) in [5.41, 5.74) is 5.62. The zero-order valence-corrected chi connectivity index (χ0v) is 67.6. The molecule has 4 aliphatic rings. The minimum absolute atomic E-state index is 0.00160. The first-order chi connectivity index (χ1) is 56.2. The number of fused-ring (bicyclic) bond motifs is 4. The molecule has 6 heterocycles. The Labute approximate surface area is 689 Å². The van der Waals surface area contributed by atoms with Crippen LogP contribution in [0.2, 0.25) is 15.1 Å². The Bertz CT molecular complexity index is 5360. The summed E-state index contributed by atoms with van der Waals surface area (Å²) in [6.45, 7) is 6.45. The molecule has 1 atom stereocenters. The van der Waals surface area contributed by atoms with Gasteiger partial charge in [0.05, 0.1) is 26.9 Å². The normalized spacial score (nSPS) is 14.8. The Kier molecular flexibility index (Phi) is 28.0. The summed E-state index contributed by atoms with van der Waals surface area (Å²) in [4.78, 5) is 113. The molecule has 3 fully saturated rings. The Morgan fingerprint density at radius 3 is 1.27 bits per heavy atom. The van der Waals surface area contributed by atoms with Crippen LogP contribution >= 0.6 is 34.8 Å². The van der Waals surface area contributed by atoms with Gasteiger partial charge in [-0.15, -0.1) is 0 Å². The molecule has 30 nitrogen and oxygen atoms in total. The Balaban J connectivity index is 0.000000174. The van der Waals surface area contributed by atoms with Crippen LogP contribution in [-0.2, 0) is 30.4 Å². The number of phenols is 2. The van der Waals surface area contributed by atoms with Crippen LogP contribution in [0, 0.1) is 29.1 Å². The van der Waals surface area contributed by atoms with Gasteiger partial charge in [-0.1, -0.05) is 77.3 Å². The number of halogens is 8. The van der Waals surface area contributed by atoms with Gasteiger partial charge in [0.1, 0.15) is 57.1 Å². The van der Waals surface area contributed by atoms with E-state index in [1.54, 1.807) is 83.3 Å². The van der Waals surface area contributed by atoms with Gasteiger partial charge in [0.25, 0.3) is 5.91 Å². The van der Waals surface area contributed by atoms with Crippen molar-refractivity contribution in [3.05, 3.63) is 164 Å². The molecule has 13 rings (SSSR count). The lowest BCUT2D eigenvalue weighted by atomic mass is 9.82. The number of allylic oxidation sites excluding steroid dienone is 3. The highest BCUT2D eigenvalue weighted by molar-refractivity contribution is 6.35. The van der Waals surface area contributed by atoms with Crippen molar-refractivity contribution >= 4 is 138 Å². The van der Waals surface area contributed by atoms with Gasteiger partial charge in [0.2, 0.25) is 47.8 Å². The van der Waals surface area contributed by atoms with Gasteiger partial charge < -0.3 is 91.3 Å². The third-order valence-corrected chi connectivity index (χ3v) is 21.0. The zero-order valence-electron chi connectivity index (χ0n) is 65.3. The monoisotopic (exact) mass is 1690 g/mol. The summed E-state index contributed by atoms with van der Waals surface area (Å²) in [5, 5.41) is 59.2. The summed E-state index contributed by atoms with van der Waals surface area (Å²) in [6.07, 6.45) is 3.61. The average Bonchev–Trinajstić information content (AvgIpc) is 0.756. The van der Waals surface area contributed by atoms with Crippen molar-refractivity contribution in [1.82, 2.24) is 59.3 Å². The summed E-state index contributed by atoms with van der Waals surface area (Å²) in [6, 6.07) is 18.7. The van der Waals surface area contributed by atoms with Crippen LogP contribution in [0.15, 0.2) is 103 Å². The van der Waals surface area contributed by atoms with E-state index in [0.717, 1.165) is 23.3 Å². The van der Waals surface area contributed by atoms with E-state index in [4.69, 9.17) is 45.5 Å². The lowest BCUT2D eigenvalue weighted by molar-refractivity contribution is -0.159. The Hall–Kier alpha value is -11.9. The maximum absolute atomic E-state index is 16.6. The molecule has 9 aromatic rings. The molecule has 1 aliphatic carbocycles. The van der Waals surface area contributed by atoms with E-state index >= 15 is 13.2 Å². The molecule has 118 heavy (non-hydrogen) atoms. The molecule has 624 valence electrons. The first-order valence-electron chi connectivity index (χ1n) is 37.4. The fourth-order valence-electron chi connectivity index (χ4n) is 13.9.